The van der Waals surface area contributed by atoms with Crippen molar-refractivity contribution in [3.8, 4) is 0 Å². The average Bonchev–Trinajstić information content (AvgIpc) is 2.30. The lowest BCUT2D eigenvalue weighted by Crippen LogP contribution is -2.45. The lowest BCUT2D eigenvalue weighted by Gasteiger charge is -2.28. The van der Waals surface area contributed by atoms with E-state index in [1.807, 2.05) is 20.8 Å². The molecular weight excluding hydrogens is 254 g/mol. The first-order chi connectivity index (χ1) is 8.24. The summed E-state index contributed by atoms with van der Waals surface area (Å²) in [5, 5.41) is 2.37. The van der Waals surface area contributed by atoms with Crippen LogP contribution in [0.3, 0.4) is 0 Å². The van der Waals surface area contributed by atoms with E-state index in [4.69, 9.17) is 13.3 Å². The van der Waals surface area contributed by atoms with Gasteiger partial charge in [-0.2, -0.15) is 0 Å². The fourth-order valence-corrected chi connectivity index (χ4v) is 4.36. The molecule has 0 bridgehead atoms. The van der Waals surface area contributed by atoms with Crippen molar-refractivity contribution < 1.29 is 13.3 Å². The zero-order chi connectivity index (χ0) is 13.0. The van der Waals surface area contributed by atoms with Crippen molar-refractivity contribution in [3.63, 3.8) is 0 Å². The van der Waals surface area contributed by atoms with Crippen LogP contribution in [0.25, 0.3) is 0 Å². The highest BCUT2D eigenvalue weighted by atomic mass is 32.1. The van der Waals surface area contributed by atoms with Crippen LogP contribution in [0.4, 0.5) is 0 Å². The van der Waals surface area contributed by atoms with Crippen LogP contribution in [-0.2, 0) is 13.3 Å². The summed E-state index contributed by atoms with van der Waals surface area (Å²) in [6, 6.07) is 0.843. The third-order valence-corrected chi connectivity index (χ3v) is 5.44. The fraction of sp³-hybridized carbons (Fsp3) is 0.909. The summed E-state index contributed by atoms with van der Waals surface area (Å²) in [6.45, 7) is 8.51. The fourth-order valence-electron chi connectivity index (χ4n) is 1.58. The Labute approximate surface area is 111 Å². The number of rotatable bonds is 11. The summed E-state index contributed by atoms with van der Waals surface area (Å²) in [6.07, 6.45) is 1.94. The Hall–Kier alpha value is -0.103. The van der Waals surface area contributed by atoms with Gasteiger partial charge < -0.3 is 13.3 Å². The van der Waals surface area contributed by atoms with Gasteiger partial charge in [-0.05, 0) is 45.8 Å². The first-order valence-corrected chi connectivity index (χ1v) is 8.54. The molecule has 0 rings (SSSR count). The zero-order valence-electron chi connectivity index (χ0n) is 11.0. The van der Waals surface area contributed by atoms with Gasteiger partial charge in [0, 0.05) is 32.4 Å². The summed E-state index contributed by atoms with van der Waals surface area (Å²) >= 11 is 4.52. The Balaban J connectivity index is 4.17. The molecule has 0 aliphatic carbocycles. The van der Waals surface area contributed by atoms with Crippen molar-refractivity contribution >= 4 is 26.2 Å². The summed E-state index contributed by atoms with van der Waals surface area (Å²) in [7, 11) is -2.44. The van der Waals surface area contributed by atoms with Crippen LogP contribution in [0.5, 0.6) is 0 Å². The number of hydrogen-bond acceptors (Lipinski definition) is 5. The zero-order valence-corrected chi connectivity index (χ0v) is 12.8. The molecular formula is C11H23NO3SSi. The second-order valence-corrected chi connectivity index (χ2v) is 6.33. The summed E-state index contributed by atoms with van der Waals surface area (Å²) in [5.41, 5.74) is 0. The van der Waals surface area contributed by atoms with Gasteiger partial charge in [-0.1, -0.05) is 0 Å². The number of thiocarbonyl (C=S) groups is 1. The smallest absolute Gasteiger partial charge is 0.374 e. The quantitative estimate of drug-likeness (QED) is 0.252. The van der Waals surface area contributed by atoms with Crippen LogP contribution in [0, 0.1) is 0 Å². The first kappa shape index (κ1) is 16.9. The Kier molecular flexibility index (Phi) is 10.9. The molecule has 0 atom stereocenters. The molecule has 0 amide bonds. The van der Waals surface area contributed by atoms with Crippen LogP contribution in [0.15, 0.2) is 4.99 Å². The molecule has 0 N–H and O–H groups in total. The number of isothiocyanates is 1. The van der Waals surface area contributed by atoms with E-state index in [-0.39, 0.29) is 0 Å². The van der Waals surface area contributed by atoms with Gasteiger partial charge in [0.2, 0.25) is 0 Å². The summed E-state index contributed by atoms with van der Waals surface area (Å²) < 4.78 is 17.2. The van der Waals surface area contributed by atoms with E-state index in [0.717, 1.165) is 25.4 Å². The van der Waals surface area contributed by atoms with E-state index in [0.29, 0.717) is 19.8 Å². The Morgan fingerprint density at radius 2 is 1.53 bits per heavy atom. The second-order valence-electron chi connectivity index (χ2n) is 3.41. The SMILES string of the molecule is CCO[Si](CCCCN=C=S)(OCC)OCC. The Morgan fingerprint density at radius 1 is 1.00 bits per heavy atom. The maximum atomic E-state index is 5.74. The van der Waals surface area contributed by atoms with E-state index in [1.54, 1.807) is 0 Å². The molecule has 0 spiro atoms. The van der Waals surface area contributed by atoms with E-state index in [9.17, 15) is 0 Å². The second kappa shape index (κ2) is 11.0. The van der Waals surface area contributed by atoms with Gasteiger partial charge in [-0.3, -0.25) is 0 Å². The highest BCUT2D eigenvalue weighted by Gasteiger charge is 2.39. The molecule has 4 nitrogen and oxygen atoms in total. The number of unbranched alkanes of at least 4 members (excludes halogenated alkanes) is 1. The van der Waals surface area contributed by atoms with Gasteiger partial charge in [0.25, 0.3) is 0 Å². The van der Waals surface area contributed by atoms with Crippen LogP contribution < -0.4 is 0 Å². The van der Waals surface area contributed by atoms with Crippen LogP contribution >= 0.6 is 12.2 Å². The number of hydrogen-bond donors (Lipinski definition) is 0. The predicted octanol–water partition coefficient (Wildman–Crippen LogP) is 2.92. The normalized spacial score (nSPS) is 11.2. The van der Waals surface area contributed by atoms with Crippen molar-refractivity contribution in [1.82, 2.24) is 0 Å². The van der Waals surface area contributed by atoms with E-state index in [2.05, 4.69) is 22.4 Å². The summed E-state index contributed by atoms with van der Waals surface area (Å²) in [5.74, 6) is 0. The Bertz CT molecular complexity index is 218. The van der Waals surface area contributed by atoms with Gasteiger partial charge in [-0.25, -0.2) is 4.99 Å². The maximum Gasteiger partial charge on any atom is 0.500 e. The molecule has 0 saturated heterocycles. The number of nitrogens with zero attached hydrogens (tertiary/aromatic N) is 1. The molecule has 0 aliphatic heterocycles. The van der Waals surface area contributed by atoms with Crippen molar-refractivity contribution in [1.29, 1.82) is 0 Å². The minimum Gasteiger partial charge on any atom is -0.374 e. The molecule has 0 unspecified atom stereocenters. The van der Waals surface area contributed by atoms with Crippen molar-refractivity contribution in [2.24, 2.45) is 4.99 Å². The van der Waals surface area contributed by atoms with Crippen molar-refractivity contribution in [2.75, 3.05) is 26.4 Å². The van der Waals surface area contributed by atoms with E-state index in [1.165, 1.54) is 0 Å². The standard InChI is InChI=1S/C11H23NO3SSi/c1-4-13-17(14-5-2,15-6-3)10-8-7-9-12-11-16/h4-10H2,1-3H3. The molecule has 0 fully saturated rings. The molecule has 100 valence electrons. The highest BCUT2D eigenvalue weighted by Crippen LogP contribution is 2.19. The molecule has 0 aromatic heterocycles. The molecule has 17 heavy (non-hydrogen) atoms. The topological polar surface area (TPSA) is 40.0 Å². The lowest BCUT2D eigenvalue weighted by atomic mass is 10.3. The van der Waals surface area contributed by atoms with Gasteiger partial charge >= 0.3 is 8.80 Å². The van der Waals surface area contributed by atoms with Crippen molar-refractivity contribution in [3.05, 3.63) is 0 Å². The van der Waals surface area contributed by atoms with E-state index >= 15 is 0 Å². The molecule has 0 aromatic carbocycles. The van der Waals surface area contributed by atoms with Crippen LogP contribution in [0.2, 0.25) is 6.04 Å². The molecule has 0 saturated carbocycles. The minimum atomic E-state index is -2.44. The van der Waals surface area contributed by atoms with Crippen molar-refractivity contribution in [2.45, 2.75) is 39.7 Å². The molecule has 6 heteroatoms. The Morgan fingerprint density at radius 3 is 1.94 bits per heavy atom. The first-order valence-electron chi connectivity index (χ1n) is 6.20. The van der Waals surface area contributed by atoms with E-state index < -0.39 is 8.80 Å². The van der Waals surface area contributed by atoms with Gasteiger partial charge in [0.05, 0.1) is 5.16 Å². The van der Waals surface area contributed by atoms with Gasteiger partial charge in [0.1, 0.15) is 0 Å². The molecule has 0 aromatic rings. The van der Waals surface area contributed by atoms with Crippen LogP contribution in [0.1, 0.15) is 33.6 Å². The number of aliphatic imine (C=N–C) groups is 1. The third kappa shape index (κ3) is 7.75. The molecule has 0 radical (unpaired) electrons. The average molecular weight is 277 g/mol. The molecule has 0 aliphatic rings. The van der Waals surface area contributed by atoms with Gasteiger partial charge in [0.15, 0.2) is 0 Å². The maximum absolute atomic E-state index is 5.74. The monoisotopic (exact) mass is 277 g/mol. The minimum absolute atomic E-state index is 0.629. The largest absolute Gasteiger partial charge is 0.500 e. The summed E-state index contributed by atoms with van der Waals surface area (Å²) in [4.78, 5) is 3.89. The highest BCUT2D eigenvalue weighted by molar-refractivity contribution is 7.78. The predicted molar refractivity (Wildman–Crippen MR) is 74.6 cm³/mol. The van der Waals surface area contributed by atoms with Crippen LogP contribution in [-0.4, -0.2) is 40.3 Å². The van der Waals surface area contributed by atoms with Gasteiger partial charge in [-0.15, -0.1) is 0 Å². The molecule has 0 heterocycles. The lowest BCUT2D eigenvalue weighted by molar-refractivity contribution is 0.0707. The third-order valence-electron chi connectivity index (χ3n) is 2.16.